The van der Waals surface area contributed by atoms with E-state index in [4.69, 9.17) is 5.11 Å². The SMILES string of the molecule is CC(O)C=Cc1ccccc1. The van der Waals surface area contributed by atoms with Crippen LogP contribution >= 0.6 is 0 Å². The number of aliphatic hydroxyl groups is 1. The zero-order valence-electron chi connectivity index (χ0n) is 6.57. The normalized spacial score (nSPS) is 13.6. The molecule has 0 heterocycles. The smallest absolute Gasteiger partial charge is 0.0696 e. The summed E-state index contributed by atoms with van der Waals surface area (Å²) >= 11 is 0. The van der Waals surface area contributed by atoms with Crippen molar-refractivity contribution < 1.29 is 5.11 Å². The predicted molar refractivity (Wildman–Crippen MR) is 47.2 cm³/mol. The summed E-state index contributed by atoms with van der Waals surface area (Å²) in [7, 11) is 0. The molecular weight excluding hydrogens is 136 g/mol. The molecular formula is C10H12O. The van der Waals surface area contributed by atoms with Crippen LogP contribution in [-0.4, -0.2) is 11.2 Å². The second kappa shape index (κ2) is 3.94. The molecule has 0 saturated carbocycles. The maximum absolute atomic E-state index is 8.93. The summed E-state index contributed by atoms with van der Waals surface area (Å²) in [6.45, 7) is 1.74. The van der Waals surface area contributed by atoms with Crippen molar-refractivity contribution in [3.63, 3.8) is 0 Å². The molecule has 1 heteroatoms. The van der Waals surface area contributed by atoms with E-state index in [9.17, 15) is 0 Å². The number of hydrogen-bond acceptors (Lipinski definition) is 1. The van der Waals surface area contributed by atoms with Crippen molar-refractivity contribution in [3.05, 3.63) is 42.0 Å². The van der Waals surface area contributed by atoms with Gasteiger partial charge >= 0.3 is 0 Å². The Labute approximate surface area is 67.0 Å². The van der Waals surface area contributed by atoms with Crippen molar-refractivity contribution in [2.45, 2.75) is 13.0 Å². The van der Waals surface area contributed by atoms with Gasteiger partial charge in [-0.15, -0.1) is 0 Å². The largest absolute Gasteiger partial charge is 0.389 e. The molecule has 0 aromatic heterocycles. The first kappa shape index (κ1) is 8.02. The summed E-state index contributed by atoms with van der Waals surface area (Å²) in [4.78, 5) is 0. The molecule has 0 spiro atoms. The minimum absolute atomic E-state index is 0.366. The second-order valence-corrected chi connectivity index (χ2v) is 2.51. The molecule has 1 atom stereocenters. The van der Waals surface area contributed by atoms with Gasteiger partial charge in [0.15, 0.2) is 0 Å². The summed E-state index contributed by atoms with van der Waals surface area (Å²) < 4.78 is 0. The van der Waals surface area contributed by atoms with Gasteiger partial charge in [0, 0.05) is 0 Å². The number of aliphatic hydroxyl groups excluding tert-OH is 1. The third-order valence-electron chi connectivity index (χ3n) is 1.37. The first-order chi connectivity index (χ1) is 5.29. The third kappa shape index (κ3) is 3.01. The van der Waals surface area contributed by atoms with Crippen LogP contribution in [0.5, 0.6) is 0 Å². The Balaban J connectivity index is 2.65. The Hall–Kier alpha value is -1.08. The zero-order chi connectivity index (χ0) is 8.10. The van der Waals surface area contributed by atoms with E-state index in [1.807, 2.05) is 36.4 Å². The quantitative estimate of drug-likeness (QED) is 0.680. The average Bonchev–Trinajstić information content (AvgIpc) is 2.03. The van der Waals surface area contributed by atoms with E-state index in [1.165, 1.54) is 0 Å². The molecule has 58 valence electrons. The van der Waals surface area contributed by atoms with E-state index in [-0.39, 0.29) is 6.10 Å². The first-order valence-corrected chi connectivity index (χ1v) is 3.70. The van der Waals surface area contributed by atoms with E-state index in [0.29, 0.717) is 0 Å². The van der Waals surface area contributed by atoms with Crippen molar-refractivity contribution in [3.8, 4) is 0 Å². The Morgan fingerprint density at radius 3 is 2.45 bits per heavy atom. The van der Waals surface area contributed by atoms with E-state index < -0.39 is 0 Å². The van der Waals surface area contributed by atoms with Gasteiger partial charge in [0.2, 0.25) is 0 Å². The summed E-state index contributed by atoms with van der Waals surface area (Å²) in [6.07, 6.45) is 3.30. The van der Waals surface area contributed by atoms with Crippen LogP contribution < -0.4 is 0 Å². The maximum Gasteiger partial charge on any atom is 0.0696 e. The molecule has 0 aliphatic heterocycles. The highest BCUT2D eigenvalue weighted by molar-refractivity contribution is 5.48. The molecule has 1 nitrogen and oxygen atoms in total. The van der Waals surface area contributed by atoms with Gasteiger partial charge in [-0.05, 0) is 12.5 Å². The van der Waals surface area contributed by atoms with Crippen LogP contribution in [0.25, 0.3) is 6.08 Å². The lowest BCUT2D eigenvalue weighted by Gasteiger charge is -1.93. The topological polar surface area (TPSA) is 20.2 Å². The lowest BCUT2D eigenvalue weighted by atomic mass is 10.2. The van der Waals surface area contributed by atoms with Crippen LogP contribution in [0.4, 0.5) is 0 Å². The zero-order valence-corrected chi connectivity index (χ0v) is 6.57. The monoisotopic (exact) mass is 148 g/mol. The van der Waals surface area contributed by atoms with Crippen LogP contribution in [0.3, 0.4) is 0 Å². The number of hydrogen-bond donors (Lipinski definition) is 1. The van der Waals surface area contributed by atoms with Crippen LogP contribution in [0.15, 0.2) is 36.4 Å². The molecule has 1 N–H and O–H groups in total. The lowest BCUT2D eigenvalue weighted by molar-refractivity contribution is 0.245. The number of benzene rings is 1. The average molecular weight is 148 g/mol. The molecule has 1 aromatic rings. The van der Waals surface area contributed by atoms with E-state index >= 15 is 0 Å². The molecule has 0 aliphatic rings. The molecule has 0 aliphatic carbocycles. The van der Waals surface area contributed by atoms with Gasteiger partial charge in [-0.3, -0.25) is 0 Å². The Morgan fingerprint density at radius 1 is 1.27 bits per heavy atom. The summed E-state index contributed by atoms with van der Waals surface area (Å²) in [5.41, 5.74) is 1.12. The van der Waals surface area contributed by atoms with Gasteiger partial charge in [-0.2, -0.15) is 0 Å². The fraction of sp³-hybridized carbons (Fsp3) is 0.200. The molecule has 0 fully saturated rings. The molecule has 1 rings (SSSR count). The van der Waals surface area contributed by atoms with Crippen LogP contribution in [0, 0.1) is 0 Å². The standard InChI is InChI=1S/C10H12O/c1-9(11)7-8-10-5-3-2-4-6-10/h2-9,11H,1H3. The summed E-state index contributed by atoms with van der Waals surface area (Å²) in [5, 5.41) is 8.93. The minimum Gasteiger partial charge on any atom is -0.389 e. The van der Waals surface area contributed by atoms with Crippen molar-refractivity contribution in [1.82, 2.24) is 0 Å². The highest BCUT2D eigenvalue weighted by Gasteiger charge is 1.85. The molecule has 11 heavy (non-hydrogen) atoms. The molecule has 0 bridgehead atoms. The van der Waals surface area contributed by atoms with Crippen LogP contribution in [-0.2, 0) is 0 Å². The maximum atomic E-state index is 8.93. The lowest BCUT2D eigenvalue weighted by Crippen LogP contribution is -1.90. The van der Waals surface area contributed by atoms with Crippen molar-refractivity contribution in [2.24, 2.45) is 0 Å². The predicted octanol–water partition coefficient (Wildman–Crippen LogP) is 2.08. The Morgan fingerprint density at radius 2 is 1.91 bits per heavy atom. The van der Waals surface area contributed by atoms with Gasteiger partial charge in [0.1, 0.15) is 0 Å². The van der Waals surface area contributed by atoms with Crippen LogP contribution in [0.1, 0.15) is 12.5 Å². The second-order valence-electron chi connectivity index (χ2n) is 2.51. The van der Waals surface area contributed by atoms with Crippen molar-refractivity contribution in [2.75, 3.05) is 0 Å². The highest BCUT2D eigenvalue weighted by Crippen LogP contribution is 2.01. The van der Waals surface area contributed by atoms with Crippen molar-refractivity contribution in [1.29, 1.82) is 0 Å². The summed E-state index contributed by atoms with van der Waals surface area (Å²) in [5.74, 6) is 0. The molecule has 0 saturated heterocycles. The molecule has 1 unspecified atom stereocenters. The molecule has 1 aromatic carbocycles. The number of rotatable bonds is 2. The van der Waals surface area contributed by atoms with Gasteiger partial charge in [-0.1, -0.05) is 42.5 Å². The Kier molecular flexibility index (Phi) is 2.87. The Bertz CT molecular complexity index is 224. The van der Waals surface area contributed by atoms with Gasteiger partial charge in [-0.25, -0.2) is 0 Å². The van der Waals surface area contributed by atoms with E-state index in [0.717, 1.165) is 5.56 Å². The van der Waals surface area contributed by atoms with Crippen LogP contribution in [0.2, 0.25) is 0 Å². The van der Waals surface area contributed by atoms with Gasteiger partial charge in [0.25, 0.3) is 0 Å². The summed E-state index contributed by atoms with van der Waals surface area (Å²) in [6, 6.07) is 9.92. The van der Waals surface area contributed by atoms with Gasteiger partial charge in [0.05, 0.1) is 6.10 Å². The van der Waals surface area contributed by atoms with E-state index in [1.54, 1.807) is 13.0 Å². The van der Waals surface area contributed by atoms with E-state index in [2.05, 4.69) is 0 Å². The fourth-order valence-corrected chi connectivity index (χ4v) is 0.815. The highest BCUT2D eigenvalue weighted by atomic mass is 16.3. The third-order valence-corrected chi connectivity index (χ3v) is 1.37. The fourth-order valence-electron chi connectivity index (χ4n) is 0.815. The van der Waals surface area contributed by atoms with Gasteiger partial charge < -0.3 is 5.11 Å². The molecule has 0 radical (unpaired) electrons. The van der Waals surface area contributed by atoms with Crippen molar-refractivity contribution >= 4 is 6.08 Å². The molecule has 0 amide bonds. The minimum atomic E-state index is -0.366. The first-order valence-electron chi connectivity index (χ1n) is 3.70.